The second-order valence-corrected chi connectivity index (χ2v) is 8.34. The number of amides is 2. The van der Waals surface area contributed by atoms with Crippen LogP contribution in [0.15, 0.2) is 48.5 Å². The van der Waals surface area contributed by atoms with Crippen molar-refractivity contribution >= 4 is 18.0 Å². The average Bonchev–Trinajstić information content (AvgIpc) is 3.02. The molecule has 162 valence electrons. The largest absolute Gasteiger partial charge is 0.481 e. The molecule has 0 unspecified atom stereocenters. The van der Waals surface area contributed by atoms with Gasteiger partial charge in [-0.15, -0.1) is 0 Å². The second kappa shape index (κ2) is 8.79. The van der Waals surface area contributed by atoms with E-state index in [1.54, 1.807) is 6.92 Å². The van der Waals surface area contributed by atoms with E-state index >= 15 is 0 Å². The molecule has 0 radical (unpaired) electrons. The molecule has 2 aromatic rings. The van der Waals surface area contributed by atoms with Gasteiger partial charge in [-0.3, -0.25) is 9.59 Å². The lowest BCUT2D eigenvalue weighted by atomic mass is 9.79. The number of hydrogen-bond acceptors (Lipinski definition) is 4. The number of carboxylic acids is 1. The number of alkyl carbamates (subject to hydrolysis) is 1. The summed E-state index contributed by atoms with van der Waals surface area (Å²) in [4.78, 5) is 35.1. The number of ether oxygens (including phenoxy) is 1. The quantitative estimate of drug-likeness (QED) is 0.635. The molecular formula is C24H26N2O5. The molecule has 0 heterocycles. The smallest absolute Gasteiger partial charge is 0.407 e. The van der Waals surface area contributed by atoms with Gasteiger partial charge >= 0.3 is 12.1 Å². The van der Waals surface area contributed by atoms with Gasteiger partial charge in [-0.05, 0) is 42.0 Å². The van der Waals surface area contributed by atoms with Gasteiger partial charge in [0.15, 0.2) is 0 Å². The van der Waals surface area contributed by atoms with Crippen LogP contribution in [0.4, 0.5) is 4.79 Å². The molecule has 7 heteroatoms. The Balaban J connectivity index is 1.25. The van der Waals surface area contributed by atoms with Gasteiger partial charge in [-0.1, -0.05) is 48.5 Å². The predicted octanol–water partition coefficient (Wildman–Crippen LogP) is 3.28. The minimum atomic E-state index is -0.948. The van der Waals surface area contributed by atoms with E-state index in [1.165, 1.54) is 11.1 Å². The van der Waals surface area contributed by atoms with Crippen molar-refractivity contribution in [2.75, 3.05) is 6.61 Å². The first-order valence-electron chi connectivity index (χ1n) is 10.6. The van der Waals surface area contributed by atoms with Gasteiger partial charge in [0.25, 0.3) is 0 Å². The summed E-state index contributed by atoms with van der Waals surface area (Å²) in [5, 5.41) is 14.3. The highest BCUT2D eigenvalue weighted by Gasteiger charge is 2.36. The average molecular weight is 422 g/mol. The van der Waals surface area contributed by atoms with E-state index in [9.17, 15) is 14.4 Å². The van der Waals surface area contributed by atoms with Crippen LogP contribution in [0.25, 0.3) is 11.1 Å². The Morgan fingerprint density at radius 1 is 1.03 bits per heavy atom. The zero-order chi connectivity index (χ0) is 22.0. The Bertz CT molecular complexity index is 953. The molecule has 4 rings (SSSR count). The number of fused-ring (bicyclic) bond motifs is 3. The van der Waals surface area contributed by atoms with Crippen LogP contribution in [-0.4, -0.2) is 41.8 Å². The highest BCUT2D eigenvalue weighted by molar-refractivity contribution is 5.81. The van der Waals surface area contributed by atoms with Crippen LogP contribution in [0.1, 0.15) is 43.2 Å². The first kappa shape index (κ1) is 20.9. The molecule has 7 nitrogen and oxygen atoms in total. The number of carbonyl (C=O) groups is 3. The Hall–Kier alpha value is -3.35. The fourth-order valence-electron chi connectivity index (χ4n) is 4.43. The third-order valence-corrected chi connectivity index (χ3v) is 6.04. The maximum absolute atomic E-state index is 12.3. The molecule has 2 aliphatic carbocycles. The van der Waals surface area contributed by atoms with Gasteiger partial charge in [0.1, 0.15) is 6.61 Å². The number of carboxylic acid groups (broad SMARTS) is 1. The van der Waals surface area contributed by atoms with Crippen molar-refractivity contribution in [1.29, 1.82) is 0 Å². The predicted molar refractivity (Wildman–Crippen MR) is 115 cm³/mol. The zero-order valence-corrected chi connectivity index (χ0v) is 17.3. The van der Waals surface area contributed by atoms with Gasteiger partial charge in [0.05, 0.1) is 6.42 Å². The van der Waals surface area contributed by atoms with Crippen LogP contribution >= 0.6 is 0 Å². The van der Waals surface area contributed by atoms with Crippen molar-refractivity contribution < 1.29 is 24.2 Å². The molecule has 0 aromatic heterocycles. The van der Waals surface area contributed by atoms with E-state index in [1.807, 2.05) is 24.3 Å². The molecule has 2 aromatic carbocycles. The molecule has 1 atom stereocenters. The molecule has 2 amide bonds. The van der Waals surface area contributed by atoms with E-state index in [4.69, 9.17) is 9.84 Å². The fourth-order valence-corrected chi connectivity index (χ4v) is 4.43. The number of nitrogens with one attached hydrogen (secondary N) is 2. The minimum absolute atomic E-state index is 0.00814. The minimum Gasteiger partial charge on any atom is -0.481 e. The number of aliphatic carboxylic acids is 1. The highest BCUT2D eigenvalue weighted by Crippen LogP contribution is 2.44. The topological polar surface area (TPSA) is 105 Å². The molecule has 31 heavy (non-hydrogen) atoms. The Kier molecular flexibility index (Phi) is 5.93. The van der Waals surface area contributed by atoms with Crippen molar-refractivity contribution in [3.8, 4) is 11.1 Å². The molecule has 2 aliphatic rings. The van der Waals surface area contributed by atoms with E-state index in [0.29, 0.717) is 12.8 Å². The summed E-state index contributed by atoms with van der Waals surface area (Å²) in [5.41, 5.74) is 4.67. The molecule has 0 aliphatic heterocycles. The van der Waals surface area contributed by atoms with Crippen molar-refractivity contribution in [3.05, 3.63) is 59.7 Å². The molecule has 1 fully saturated rings. The fraction of sp³-hybridized carbons (Fsp3) is 0.375. The molecule has 0 bridgehead atoms. The van der Waals surface area contributed by atoms with Gasteiger partial charge in [-0.25, -0.2) is 4.79 Å². The van der Waals surface area contributed by atoms with E-state index < -0.39 is 18.1 Å². The Morgan fingerprint density at radius 2 is 1.61 bits per heavy atom. The Labute approximate surface area is 180 Å². The summed E-state index contributed by atoms with van der Waals surface area (Å²) < 4.78 is 5.53. The zero-order valence-electron chi connectivity index (χ0n) is 17.3. The van der Waals surface area contributed by atoms with E-state index in [-0.39, 0.29) is 36.8 Å². The molecule has 3 N–H and O–H groups in total. The summed E-state index contributed by atoms with van der Waals surface area (Å²) in [5.74, 6) is -1.32. The lowest BCUT2D eigenvalue weighted by molar-refractivity contribution is -0.137. The first-order valence-corrected chi connectivity index (χ1v) is 10.6. The normalized spacial score (nSPS) is 20.0. The van der Waals surface area contributed by atoms with Crippen molar-refractivity contribution in [2.24, 2.45) is 5.92 Å². The number of benzene rings is 2. The van der Waals surface area contributed by atoms with E-state index in [2.05, 4.69) is 34.9 Å². The second-order valence-electron chi connectivity index (χ2n) is 8.34. The Morgan fingerprint density at radius 3 is 2.19 bits per heavy atom. The maximum Gasteiger partial charge on any atom is 0.407 e. The van der Waals surface area contributed by atoms with Crippen molar-refractivity contribution in [2.45, 2.75) is 44.2 Å². The number of carbonyl (C=O) groups excluding carboxylic acids is 2. The van der Waals surface area contributed by atoms with Crippen LogP contribution < -0.4 is 10.6 Å². The van der Waals surface area contributed by atoms with Gasteiger partial charge < -0.3 is 20.5 Å². The molecular weight excluding hydrogens is 396 g/mol. The molecule has 1 saturated carbocycles. The molecule has 0 saturated heterocycles. The summed E-state index contributed by atoms with van der Waals surface area (Å²) in [7, 11) is 0. The standard InChI is InChI=1S/C24H26N2O5/c1-14(10-22(27)28)25-23(29)15-11-16(12-15)26-24(30)31-13-21-19-8-4-2-6-17(19)18-7-3-5-9-20(18)21/h2-9,14-16,21H,10-13H2,1H3,(H,25,29)(H,26,30)(H,27,28)/t14-,15?,16?/m0/s1. The lowest BCUT2D eigenvalue weighted by Gasteiger charge is -2.35. The van der Waals surface area contributed by atoms with Crippen molar-refractivity contribution in [1.82, 2.24) is 10.6 Å². The van der Waals surface area contributed by atoms with Gasteiger partial charge in [0.2, 0.25) is 5.91 Å². The number of hydrogen-bond donors (Lipinski definition) is 3. The third kappa shape index (κ3) is 4.55. The van der Waals surface area contributed by atoms with Gasteiger partial charge in [-0.2, -0.15) is 0 Å². The van der Waals surface area contributed by atoms with Crippen LogP contribution in [0.3, 0.4) is 0 Å². The lowest BCUT2D eigenvalue weighted by Crippen LogP contribution is -2.51. The first-order chi connectivity index (χ1) is 14.9. The van der Waals surface area contributed by atoms with Gasteiger partial charge in [0, 0.05) is 23.9 Å². The summed E-state index contributed by atoms with van der Waals surface area (Å²) in [6.07, 6.45) is 0.455. The van der Waals surface area contributed by atoms with Crippen LogP contribution in [0.5, 0.6) is 0 Å². The molecule has 0 spiro atoms. The van der Waals surface area contributed by atoms with Crippen LogP contribution in [-0.2, 0) is 14.3 Å². The summed E-state index contributed by atoms with van der Waals surface area (Å²) in [6, 6.07) is 15.8. The number of rotatable bonds is 7. The SMILES string of the molecule is C[C@@H](CC(=O)O)NC(=O)C1CC(NC(=O)OCC2c3ccccc3-c3ccccc32)C1. The van der Waals surface area contributed by atoms with Crippen molar-refractivity contribution in [3.63, 3.8) is 0 Å². The van der Waals surface area contributed by atoms with Crippen LogP contribution in [0, 0.1) is 5.92 Å². The van der Waals surface area contributed by atoms with E-state index in [0.717, 1.165) is 11.1 Å². The summed E-state index contributed by atoms with van der Waals surface area (Å²) in [6.45, 7) is 1.92. The third-order valence-electron chi connectivity index (χ3n) is 6.04. The van der Waals surface area contributed by atoms with Crippen LogP contribution in [0.2, 0.25) is 0 Å². The maximum atomic E-state index is 12.3. The highest BCUT2D eigenvalue weighted by atomic mass is 16.5. The summed E-state index contributed by atoms with van der Waals surface area (Å²) >= 11 is 0. The monoisotopic (exact) mass is 422 g/mol.